The first-order valence-corrected chi connectivity index (χ1v) is 12.7. The number of phenolic OH excluding ortho intramolecular Hbond substituents is 1. The van der Waals surface area contributed by atoms with E-state index in [-0.39, 0.29) is 36.6 Å². The normalized spacial score (nSPS) is 23.6. The molecule has 2 aliphatic rings. The summed E-state index contributed by atoms with van der Waals surface area (Å²) in [5.74, 6) is 3.35. The summed E-state index contributed by atoms with van der Waals surface area (Å²) in [7, 11) is 3.13. The summed E-state index contributed by atoms with van der Waals surface area (Å²) in [4.78, 5) is 0. The van der Waals surface area contributed by atoms with Gasteiger partial charge in [-0.3, -0.25) is 0 Å². The SMILES string of the molecule is COc1cc(C2OC(c3ccc(OC(C)C(O)c4ccc5c(c4)OCO5)c(OC)c3)C(C)C2C)ccc1O. The van der Waals surface area contributed by atoms with E-state index in [2.05, 4.69) is 13.8 Å². The van der Waals surface area contributed by atoms with Crippen molar-refractivity contribution in [2.45, 2.75) is 45.2 Å². The number of fused-ring (bicyclic) bond motifs is 1. The second-order valence-corrected chi connectivity index (χ2v) is 9.92. The molecule has 2 N–H and O–H groups in total. The van der Waals surface area contributed by atoms with Crippen LogP contribution in [0.5, 0.6) is 34.5 Å². The number of rotatable bonds is 8. The van der Waals surface area contributed by atoms with E-state index in [4.69, 9.17) is 28.4 Å². The molecule has 5 rings (SSSR count). The third kappa shape index (κ3) is 4.81. The number of hydrogen-bond acceptors (Lipinski definition) is 8. The molecular formula is C30H34O8. The molecule has 0 aromatic heterocycles. The zero-order valence-corrected chi connectivity index (χ0v) is 22.2. The van der Waals surface area contributed by atoms with Gasteiger partial charge in [0.25, 0.3) is 0 Å². The molecule has 6 atom stereocenters. The van der Waals surface area contributed by atoms with Gasteiger partial charge in [0.2, 0.25) is 6.79 Å². The van der Waals surface area contributed by atoms with Crippen molar-refractivity contribution >= 4 is 0 Å². The summed E-state index contributed by atoms with van der Waals surface area (Å²) in [6, 6.07) is 16.5. The van der Waals surface area contributed by atoms with E-state index < -0.39 is 12.2 Å². The molecule has 2 heterocycles. The van der Waals surface area contributed by atoms with E-state index in [0.717, 1.165) is 11.1 Å². The zero-order valence-electron chi connectivity index (χ0n) is 22.2. The van der Waals surface area contributed by atoms with Crippen molar-refractivity contribution in [2.24, 2.45) is 11.8 Å². The van der Waals surface area contributed by atoms with Crippen LogP contribution < -0.4 is 23.7 Å². The zero-order chi connectivity index (χ0) is 27.0. The minimum Gasteiger partial charge on any atom is -0.504 e. The molecule has 0 saturated carbocycles. The maximum atomic E-state index is 10.9. The molecular weight excluding hydrogens is 488 g/mol. The molecule has 3 aromatic carbocycles. The van der Waals surface area contributed by atoms with Crippen molar-refractivity contribution in [3.63, 3.8) is 0 Å². The van der Waals surface area contributed by atoms with Gasteiger partial charge in [-0.2, -0.15) is 0 Å². The lowest BCUT2D eigenvalue weighted by Crippen LogP contribution is -2.22. The van der Waals surface area contributed by atoms with Crippen LogP contribution in [0.4, 0.5) is 0 Å². The summed E-state index contributed by atoms with van der Waals surface area (Å²) >= 11 is 0. The highest BCUT2D eigenvalue weighted by Crippen LogP contribution is 2.50. The molecule has 38 heavy (non-hydrogen) atoms. The molecule has 1 fully saturated rings. The Labute approximate surface area is 222 Å². The van der Waals surface area contributed by atoms with E-state index in [1.54, 1.807) is 31.4 Å². The average molecular weight is 523 g/mol. The average Bonchev–Trinajstić information content (AvgIpc) is 3.52. The molecule has 8 nitrogen and oxygen atoms in total. The van der Waals surface area contributed by atoms with Gasteiger partial charge in [0.15, 0.2) is 34.5 Å². The van der Waals surface area contributed by atoms with Crippen LogP contribution in [-0.2, 0) is 4.74 Å². The molecule has 8 heteroatoms. The molecule has 6 unspecified atom stereocenters. The number of methoxy groups -OCH3 is 2. The van der Waals surface area contributed by atoms with E-state index in [1.807, 2.05) is 37.3 Å². The van der Waals surface area contributed by atoms with Crippen LogP contribution in [-0.4, -0.2) is 37.3 Å². The molecule has 0 amide bonds. The molecule has 0 bridgehead atoms. The Kier molecular flexibility index (Phi) is 7.27. The Morgan fingerprint density at radius 1 is 0.789 bits per heavy atom. The molecule has 202 valence electrons. The first-order valence-electron chi connectivity index (χ1n) is 12.7. The van der Waals surface area contributed by atoms with Crippen molar-refractivity contribution in [2.75, 3.05) is 21.0 Å². The number of aliphatic hydroxyl groups excluding tert-OH is 1. The summed E-state index contributed by atoms with van der Waals surface area (Å²) in [5.41, 5.74) is 2.61. The molecule has 0 radical (unpaired) electrons. The van der Waals surface area contributed by atoms with Gasteiger partial charge in [-0.1, -0.05) is 32.0 Å². The molecule has 2 aliphatic heterocycles. The van der Waals surface area contributed by atoms with Crippen LogP contribution in [0.15, 0.2) is 54.6 Å². The smallest absolute Gasteiger partial charge is 0.231 e. The van der Waals surface area contributed by atoms with Gasteiger partial charge in [0, 0.05) is 0 Å². The number of benzene rings is 3. The summed E-state index contributed by atoms with van der Waals surface area (Å²) in [5, 5.41) is 20.9. The number of phenols is 1. The molecule has 0 aliphatic carbocycles. The summed E-state index contributed by atoms with van der Waals surface area (Å²) < 4.78 is 34.4. The fourth-order valence-electron chi connectivity index (χ4n) is 5.18. The van der Waals surface area contributed by atoms with Gasteiger partial charge in [-0.15, -0.1) is 0 Å². The van der Waals surface area contributed by atoms with Crippen LogP contribution in [0.1, 0.15) is 55.8 Å². The summed E-state index contributed by atoms with van der Waals surface area (Å²) in [6.07, 6.45) is -1.74. The van der Waals surface area contributed by atoms with Crippen molar-refractivity contribution in [1.29, 1.82) is 0 Å². The topological polar surface area (TPSA) is 95.8 Å². The van der Waals surface area contributed by atoms with Gasteiger partial charge >= 0.3 is 0 Å². The fraction of sp³-hybridized carbons (Fsp3) is 0.400. The second kappa shape index (κ2) is 10.6. The Balaban J connectivity index is 1.32. The van der Waals surface area contributed by atoms with E-state index in [9.17, 15) is 10.2 Å². The first kappa shape index (κ1) is 26.0. The van der Waals surface area contributed by atoms with Crippen molar-refractivity contribution in [3.05, 3.63) is 71.3 Å². The minimum absolute atomic E-state index is 0.102. The van der Waals surface area contributed by atoms with Crippen LogP contribution in [0.3, 0.4) is 0 Å². The molecule has 1 saturated heterocycles. The Hall–Kier alpha value is -3.62. The standard InChI is InChI=1S/C30H34O8/c1-16-17(2)30(38-29(16)20-6-9-22(31)25(13-20)33-4)21-8-11-24(26(14-21)34-5)37-18(3)28(32)19-7-10-23-27(12-19)36-15-35-23/h6-14,16-18,28-32H,15H2,1-5H3. The van der Waals surface area contributed by atoms with Gasteiger partial charge < -0.3 is 38.6 Å². The summed E-state index contributed by atoms with van der Waals surface area (Å²) in [6.45, 7) is 6.33. The van der Waals surface area contributed by atoms with Crippen LogP contribution >= 0.6 is 0 Å². The van der Waals surface area contributed by atoms with Gasteiger partial charge in [0.1, 0.15) is 12.2 Å². The van der Waals surface area contributed by atoms with Gasteiger partial charge in [0.05, 0.1) is 26.4 Å². The van der Waals surface area contributed by atoms with Crippen molar-refractivity contribution in [3.8, 4) is 34.5 Å². The van der Waals surface area contributed by atoms with Gasteiger partial charge in [-0.25, -0.2) is 0 Å². The lowest BCUT2D eigenvalue weighted by molar-refractivity contribution is 0.0284. The Bertz CT molecular complexity index is 1290. The quantitative estimate of drug-likeness (QED) is 0.388. The maximum Gasteiger partial charge on any atom is 0.231 e. The Morgan fingerprint density at radius 3 is 2.11 bits per heavy atom. The minimum atomic E-state index is -0.879. The third-order valence-electron chi connectivity index (χ3n) is 7.62. The van der Waals surface area contributed by atoms with Crippen LogP contribution in [0, 0.1) is 11.8 Å². The lowest BCUT2D eigenvalue weighted by atomic mass is 9.85. The third-order valence-corrected chi connectivity index (χ3v) is 7.62. The number of hydrogen-bond donors (Lipinski definition) is 2. The first-order chi connectivity index (χ1) is 18.3. The highest BCUT2D eigenvalue weighted by molar-refractivity contribution is 5.47. The van der Waals surface area contributed by atoms with Crippen LogP contribution in [0.25, 0.3) is 0 Å². The van der Waals surface area contributed by atoms with Gasteiger partial charge in [-0.05, 0) is 71.8 Å². The number of aromatic hydroxyl groups is 1. The van der Waals surface area contributed by atoms with E-state index in [1.165, 1.54) is 7.11 Å². The molecule has 3 aromatic rings. The van der Waals surface area contributed by atoms with Crippen molar-refractivity contribution < 1.29 is 38.6 Å². The number of ether oxygens (including phenoxy) is 6. The highest BCUT2D eigenvalue weighted by atomic mass is 16.7. The second-order valence-electron chi connectivity index (χ2n) is 9.92. The largest absolute Gasteiger partial charge is 0.504 e. The molecule has 0 spiro atoms. The van der Waals surface area contributed by atoms with Crippen LogP contribution in [0.2, 0.25) is 0 Å². The predicted octanol–water partition coefficient (Wildman–Crippen LogP) is 5.72. The predicted molar refractivity (Wildman–Crippen MR) is 140 cm³/mol. The lowest BCUT2D eigenvalue weighted by Gasteiger charge is -2.23. The highest BCUT2D eigenvalue weighted by Gasteiger charge is 2.41. The maximum absolute atomic E-state index is 10.9. The van der Waals surface area contributed by atoms with Crippen molar-refractivity contribution in [1.82, 2.24) is 0 Å². The number of aliphatic hydroxyl groups is 1. The monoisotopic (exact) mass is 522 g/mol. The van der Waals surface area contributed by atoms with E-state index in [0.29, 0.717) is 34.3 Å². The Morgan fingerprint density at radius 2 is 1.42 bits per heavy atom. The van der Waals surface area contributed by atoms with E-state index >= 15 is 0 Å². The fourth-order valence-corrected chi connectivity index (χ4v) is 5.18.